The summed E-state index contributed by atoms with van der Waals surface area (Å²) in [6.07, 6.45) is 2.69. The summed E-state index contributed by atoms with van der Waals surface area (Å²) in [7, 11) is 0. The molecule has 96 valence electrons. The van der Waals surface area contributed by atoms with Crippen molar-refractivity contribution in [1.82, 2.24) is 0 Å². The van der Waals surface area contributed by atoms with E-state index in [-0.39, 0.29) is 0 Å². The lowest BCUT2D eigenvalue weighted by atomic mass is 10.1. The second-order valence-corrected chi connectivity index (χ2v) is 4.02. The number of ether oxygens (including phenoxy) is 1. The molecule has 0 aliphatic carbocycles. The van der Waals surface area contributed by atoms with Crippen LogP contribution in [0.15, 0.2) is 60.7 Å². The molecule has 2 rings (SSSR count). The maximum atomic E-state index is 10.5. The quantitative estimate of drug-likeness (QED) is 0.832. The monoisotopic (exact) mass is 254 g/mol. The van der Waals surface area contributed by atoms with Crippen LogP contribution in [0.4, 0.5) is 0 Å². The first kappa shape index (κ1) is 12.9. The Hall–Kier alpha value is -2.55. The fourth-order valence-corrected chi connectivity index (χ4v) is 1.64. The number of carbonyl (C=O) groups is 1. The van der Waals surface area contributed by atoms with Crippen molar-refractivity contribution in [3.05, 3.63) is 71.8 Å². The molecule has 19 heavy (non-hydrogen) atoms. The third-order valence-electron chi connectivity index (χ3n) is 2.52. The van der Waals surface area contributed by atoms with Gasteiger partial charge in [-0.25, -0.2) is 4.79 Å². The van der Waals surface area contributed by atoms with Crippen LogP contribution in [0.3, 0.4) is 0 Å². The molecule has 0 aromatic heterocycles. The molecule has 0 saturated heterocycles. The number of carboxylic acids is 1. The van der Waals surface area contributed by atoms with Gasteiger partial charge >= 0.3 is 5.97 Å². The van der Waals surface area contributed by atoms with Gasteiger partial charge in [-0.15, -0.1) is 0 Å². The van der Waals surface area contributed by atoms with Crippen LogP contribution in [0.25, 0.3) is 6.08 Å². The summed E-state index contributed by atoms with van der Waals surface area (Å²) < 4.78 is 5.63. The van der Waals surface area contributed by atoms with E-state index in [2.05, 4.69) is 0 Å². The molecule has 2 aromatic rings. The predicted molar refractivity (Wildman–Crippen MR) is 73.9 cm³/mol. The van der Waals surface area contributed by atoms with Crippen LogP contribution in [0, 0.1) is 0 Å². The van der Waals surface area contributed by atoms with Crippen LogP contribution in [-0.2, 0) is 11.4 Å². The van der Waals surface area contributed by atoms with Crippen molar-refractivity contribution in [2.75, 3.05) is 0 Å². The molecule has 0 heterocycles. The van der Waals surface area contributed by atoms with Gasteiger partial charge in [-0.1, -0.05) is 36.4 Å². The van der Waals surface area contributed by atoms with Gasteiger partial charge in [0.05, 0.1) is 0 Å². The van der Waals surface area contributed by atoms with E-state index in [9.17, 15) is 4.79 Å². The highest BCUT2D eigenvalue weighted by molar-refractivity contribution is 5.85. The summed E-state index contributed by atoms with van der Waals surface area (Å²) in [5, 5.41) is 8.58. The van der Waals surface area contributed by atoms with E-state index in [1.165, 1.54) is 0 Å². The van der Waals surface area contributed by atoms with Crippen molar-refractivity contribution in [3.8, 4) is 5.75 Å². The van der Waals surface area contributed by atoms with Crippen molar-refractivity contribution < 1.29 is 14.6 Å². The maximum Gasteiger partial charge on any atom is 0.328 e. The molecule has 0 unspecified atom stereocenters. The number of hydrogen-bond donors (Lipinski definition) is 1. The van der Waals surface area contributed by atoms with E-state index in [4.69, 9.17) is 9.84 Å². The first-order valence-electron chi connectivity index (χ1n) is 5.92. The number of para-hydroxylation sites is 1. The fourth-order valence-electron chi connectivity index (χ4n) is 1.64. The van der Waals surface area contributed by atoms with Gasteiger partial charge < -0.3 is 9.84 Å². The largest absolute Gasteiger partial charge is 0.489 e. The van der Waals surface area contributed by atoms with Crippen LogP contribution in [0.5, 0.6) is 5.75 Å². The zero-order chi connectivity index (χ0) is 13.5. The van der Waals surface area contributed by atoms with Crippen molar-refractivity contribution in [3.63, 3.8) is 0 Å². The van der Waals surface area contributed by atoms with Gasteiger partial charge in [0, 0.05) is 6.08 Å². The average Bonchev–Trinajstić information content (AvgIpc) is 2.44. The standard InChI is InChI=1S/C16H14O3/c17-16(18)10-9-13-5-4-6-14(11-13)12-19-15-7-2-1-3-8-15/h1-11H,12H2,(H,17,18)/b10-9+. The number of carboxylic acid groups (broad SMARTS) is 1. The minimum absolute atomic E-state index is 0.457. The van der Waals surface area contributed by atoms with Gasteiger partial charge in [0.2, 0.25) is 0 Å². The van der Waals surface area contributed by atoms with Gasteiger partial charge in [-0.2, -0.15) is 0 Å². The average molecular weight is 254 g/mol. The third kappa shape index (κ3) is 4.32. The lowest BCUT2D eigenvalue weighted by Gasteiger charge is -2.06. The van der Waals surface area contributed by atoms with E-state index in [1.54, 1.807) is 6.08 Å². The van der Waals surface area contributed by atoms with E-state index in [1.807, 2.05) is 54.6 Å². The second-order valence-electron chi connectivity index (χ2n) is 4.02. The van der Waals surface area contributed by atoms with Crippen LogP contribution < -0.4 is 4.74 Å². The van der Waals surface area contributed by atoms with Gasteiger partial charge in [-0.3, -0.25) is 0 Å². The summed E-state index contributed by atoms with van der Waals surface area (Å²) >= 11 is 0. The minimum atomic E-state index is -0.953. The zero-order valence-electron chi connectivity index (χ0n) is 10.3. The van der Waals surface area contributed by atoms with Crippen molar-refractivity contribution in [1.29, 1.82) is 0 Å². The molecular formula is C16H14O3. The molecular weight excluding hydrogens is 240 g/mol. The Morgan fingerprint density at radius 2 is 1.89 bits per heavy atom. The molecule has 0 spiro atoms. The minimum Gasteiger partial charge on any atom is -0.489 e. The molecule has 0 aliphatic heterocycles. The first-order valence-corrected chi connectivity index (χ1v) is 5.92. The van der Waals surface area contributed by atoms with Crippen LogP contribution in [0.2, 0.25) is 0 Å². The predicted octanol–water partition coefficient (Wildman–Crippen LogP) is 3.36. The molecule has 2 aromatic carbocycles. The Balaban J connectivity index is 2.01. The number of benzene rings is 2. The molecule has 0 amide bonds. The van der Waals surface area contributed by atoms with Crippen molar-refractivity contribution >= 4 is 12.0 Å². The summed E-state index contributed by atoms with van der Waals surface area (Å²) in [5.74, 6) is -0.139. The molecule has 0 fully saturated rings. The summed E-state index contributed by atoms with van der Waals surface area (Å²) in [5.41, 5.74) is 1.84. The zero-order valence-corrected chi connectivity index (χ0v) is 10.3. The SMILES string of the molecule is O=C(O)/C=C/c1cccc(COc2ccccc2)c1. The first-order chi connectivity index (χ1) is 9.24. The van der Waals surface area contributed by atoms with Gasteiger partial charge in [-0.05, 0) is 35.4 Å². The van der Waals surface area contributed by atoms with E-state index in [0.29, 0.717) is 6.61 Å². The number of rotatable bonds is 5. The van der Waals surface area contributed by atoms with Gasteiger partial charge in [0.25, 0.3) is 0 Å². The molecule has 0 aliphatic rings. The molecule has 0 atom stereocenters. The Morgan fingerprint density at radius 1 is 1.11 bits per heavy atom. The Bertz CT molecular complexity index is 574. The number of aliphatic carboxylic acids is 1. The lowest BCUT2D eigenvalue weighted by molar-refractivity contribution is -0.131. The normalized spacial score (nSPS) is 10.5. The van der Waals surface area contributed by atoms with Crippen LogP contribution in [-0.4, -0.2) is 11.1 Å². The maximum absolute atomic E-state index is 10.5. The topological polar surface area (TPSA) is 46.5 Å². The highest BCUT2D eigenvalue weighted by atomic mass is 16.5. The molecule has 3 heteroatoms. The van der Waals surface area contributed by atoms with E-state index < -0.39 is 5.97 Å². The smallest absolute Gasteiger partial charge is 0.328 e. The van der Waals surface area contributed by atoms with E-state index in [0.717, 1.165) is 23.0 Å². The van der Waals surface area contributed by atoms with Crippen molar-refractivity contribution in [2.24, 2.45) is 0 Å². The van der Waals surface area contributed by atoms with E-state index >= 15 is 0 Å². The number of hydrogen-bond acceptors (Lipinski definition) is 2. The van der Waals surface area contributed by atoms with Crippen LogP contribution in [0.1, 0.15) is 11.1 Å². The lowest BCUT2D eigenvalue weighted by Crippen LogP contribution is -1.95. The third-order valence-corrected chi connectivity index (χ3v) is 2.52. The van der Waals surface area contributed by atoms with Gasteiger partial charge in [0.1, 0.15) is 12.4 Å². The summed E-state index contributed by atoms with van der Waals surface area (Å²) in [6.45, 7) is 0.457. The second kappa shape index (κ2) is 6.40. The summed E-state index contributed by atoms with van der Waals surface area (Å²) in [4.78, 5) is 10.5. The molecule has 0 radical (unpaired) electrons. The highest BCUT2D eigenvalue weighted by Gasteiger charge is 1.97. The highest BCUT2D eigenvalue weighted by Crippen LogP contribution is 2.13. The fraction of sp³-hybridized carbons (Fsp3) is 0.0625. The molecule has 0 saturated carbocycles. The summed E-state index contributed by atoms with van der Waals surface area (Å²) in [6, 6.07) is 17.1. The molecule has 1 N–H and O–H groups in total. The van der Waals surface area contributed by atoms with Crippen LogP contribution >= 0.6 is 0 Å². The molecule has 0 bridgehead atoms. The Morgan fingerprint density at radius 3 is 2.63 bits per heavy atom. The van der Waals surface area contributed by atoms with Crippen molar-refractivity contribution in [2.45, 2.75) is 6.61 Å². The molecule has 3 nitrogen and oxygen atoms in total. The van der Waals surface area contributed by atoms with Gasteiger partial charge in [0.15, 0.2) is 0 Å². The Labute approximate surface area is 111 Å². The Kier molecular flexibility index (Phi) is 4.34.